The van der Waals surface area contributed by atoms with Gasteiger partial charge in [-0.2, -0.15) is 5.26 Å². The zero-order chi connectivity index (χ0) is 49.6. The molecule has 0 radical (unpaired) electrons. The molecule has 0 atom stereocenters. The van der Waals surface area contributed by atoms with E-state index in [-0.39, 0.29) is 0 Å². The Bertz CT molecular complexity index is 4750. The predicted octanol–water partition coefficient (Wildman–Crippen LogP) is 18.7. The lowest BCUT2D eigenvalue weighted by atomic mass is 9.82. The van der Waals surface area contributed by atoms with Gasteiger partial charge in [-0.25, -0.2) is 9.97 Å². The molecule has 346 valence electrons. The smallest absolute Gasteiger partial charge is 0.160 e. The van der Waals surface area contributed by atoms with E-state index < -0.39 is 0 Å². The molecule has 0 bridgehead atoms. The van der Waals surface area contributed by atoms with Crippen molar-refractivity contribution in [1.82, 2.24) is 14.5 Å². The summed E-state index contributed by atoms with van der Waals surface area (Å²) < 4.78 is 2.34. The quantitative estimate of drug-likeness (QED) is 0.118. The van der Waals surface area contributed by atoms with Crippen LogP contribution in [-0.4, -0.2) is 14.5 Å². The Kier molecular flexibility index (Phi) is 9.60. The summed E-state index contributed by atoms with van der Waals surface area (Å²) in [5, 5.41) is 24.1. The second kappa shape index (κ2) is 17.0. The van der Waals surface area contributed by atoms with E-state index in [1.54, 1.807) is 0 Å². The minimum absolute atomic E-state index is 0.666. The van der Waals surface area contributed by atoms with Gasteiger partial charge in [0.15, 0.2) is 5.82 Å². The van der Waals surface area contributed by atoms with Crippen molar-refractivity contribution in [2.24, 2.45) is 0 Å². The molecule has 0 aliphatic rings. The van der Waals surface area contributed by atoms with Crippen LogP contribution < -0.4 is 0 Å². The Morgan fingerprint density at radius 1 is 0.320 bits per heavy atom. The molecule has 0 spiro atoms. The highest BCUT2D eigenvalue weighted by Gasteiger charge is 2.24. The molecule has 13 aromatic carbocycles. The maximum Gasteiger partial charge on any atom is 0.160 e. The van der Waals surface area contributed by atoms with Crippen molar-refractivity contribution in [1.29, 1.82) is 5.26 Å². The van der Waals surface area contributed by atoms with Crippen molar-refractivity contribution in [2.75, 3.05) is 0 Å². The van der Waals surface area contributed by atoms with Crippen molar-refractivity contribution >= 4 is 75.7 Å². The van der Waals surface area contributed by atoms with Crippen molar-refractivity contribution in [3.05, 3.63) is 260 Å². The van der Waals surface area contributed by atoms with Crippen molar-refractivity contribution in [2.45, 2.75) is 0 Å². The number of aromatic nitrogens is 3. The lowest BCUT2D eigenvalue weighted by Crippen LogP contribution is -1.97. The first-order chi connectivity index (χ1) is 37.2. The molecule has 0 fully saturated rings. The third-order valence-corrected chi connectivity index (χ3v) is 15.4. The third kappa shape index (κ3) is 6.69. The largest absolute Gasteiger partial charge is 0.309 e. The number of nitrogens with zero attached hydrogens (tertiary/aromatic N) is 4. The second-order valence-corrected chi connectivity index (χ2v) is 19.5. The Hall–Kier alpha value is -10.2. The molecular formula is C71H42N4. The van der Waals surface area contributed by atoms with E-state index in [1.807, 2.05) is 18.2 Å². The summed E-state index contributed by atoms with van der Waals surface area (Å²) in [4.78, 5) is 10.7. The van der Waals surface area contributed by atoms with Crippen LogP contribution in [0.1, 0.15) is 5.56 Å². The molecule has 0 N–H and O–H groups in total. The van der Waals surface area contributed by atoms with Crippen molar-refractivity contribution in [3.63, 3.8) is 0 Å². The predicted molar refractivity (Wildman–Crippen MR) is 312 cm³/mol. The summed E-state index contributed by atoms with van der Waals surface area (Å²) in [7, 11) is 0. The Morgan fingerprint density at radius 2 is 0.800 bits per heavy atom. The topological polar surface area (TPSA) is 54.5 Å². The molecule has 15 aromatic rings. The van der Waals surface area contributed by atoms with Crippen LogP contribution in [0.4, 0.5) is 0 Å². The zero-order valence-electron chi connectivity index (χ0n) is 40.5. The minimum atomic E-state index is 0.666. The second-order valence-electron chi connectivity index (χ2n) is 19.5. The molecule has 4 nitrogen and oxygen atoms in total. The lowest BCUT2D eigenvalue weighted by molar-refractivity contribution is 1.18. The maximum absolute atomic E-state index is 10.4. The number of rotatable bonds is 7. The van der Waals surface area contributed by atoms with E-state index in [1.165, 1.54) is 32.7 Å². The van der Waals surface area contributed by atoms with Gasteiger partial charge < -0.3 is 4.57 Å². The first kappa shape index (κ1) is 42.5. The van der Waals surface area contributed by atoms with E-state index in [2.05, 4.69) is 247 Å². The van der Waals surface area contributed by atoms with Crippen LogP contribution in [-0.2, 0) is 0 Å². The zero-order valence-corrected chi connectivity index (χ0v) is 40.5. The summed E-state index contributed by atoms with van der Waals surface area (Å²) in [6, 6.07) is 93.8. The van der Waals surface area contributed by atoms with E-state index >= 15 is 0 Å². The van der Waals surface area contributed by atoms with Crippen molar-refractivity contribution in [3.8, 4) is 79.0 Å². The number of benzene rings is 13. The van der Waals surface area contributed by atoms with E-state index in [0.717, 1.165) is 110 Å². The summed E-state index contributed by atoms with van der Waals surface area (Å²) in [6.07, 6.45) is 0. The molecule has 2 aromatic heterocycles. The van der Waals surface area contributed by atoms with Crippen LogP contribution in [0.15, 0.2) is 255 Å². The lowest BCUT2D eigenvalue weighted by Gasteiger charge is -2.21. The molecular weight excluding hydrogens is 909 g/mol. The fourth-order valence-electron chi connectivity index (χ4n) is 12.1. The molecule has 0 saturated carbocycles. The average molecular weight is 951 g/mol. The number of para-hydroxylation sites is 1. The summed E-state index contributed by atoms with van der Waals surface area (Å²) in [5.74, 6) is 0.666. The molecule has 15 rings (SSSR count). The van der Waals surface area contributed by atoms with Gasteiger partial charge in [-0.05, 0) is 130 Å². The van der Waals surface area contributed by atoms with Gasteiger partial charge in [0.05, 0.1) is 34.1 Å². The van der Waals surface area contributed by atoms with Crippen LogP contribution >= 0.6 is 0 Å². The van der Waals surface area contributed by atoms with E-state index in [4.69, 9.17) is 9.97 Å². The maximum atomic E-state index is 10.4. The van der Waals surface area contributed by atoms with Gasteiger partial charge in [0.1, 0.15) is 0 Å². The molecule has 0 aliphatic carbocycles. The van der Waals surface area contributed by atoms with Gasteiger partial charge in [0.25, 0.3) is 0 Å². The Balaban J connectivity index is 1.05. The van der Waals surface area contributed by atoms with Crippen LogP contribution in [0.2, 0.25) is 0 Å². The first-order valence-electron chi connectivity index (χ1n) is 25.4. The Labute approximate surface area is 432 Å². The summed E-state index contributed by atoms with van der Waals surface area (Å²) in [5.41, 5.74) is 15.6. The van der Waals surface area contributed by atoms with Crippen LogP contribution in [0.3, 0.4) is 0 Å². The molecule has 4 heteroatoms. The number of nitriles is 1. The van der Waals surface area contributed by atoms with Gasteiger partial charge in [0.2, 0.25) is 0 Å². The number of hydrogen-bond donors (Lipinski definition) is 0. The highest BCUT2D eigenvalue weighted by Crippen LogP contribution is 2.50. The number of fused-ring (bicyclic) bond motifs is 4. The van der Waals surface area contributed by atoms with Crippen LogP contribution in [0.25, 0.3) is 149 Å². The minimum Gasteiger partial charge on any atom is -0.309 e. The molecule has 0 saturated heterocycles. The van der Waals surface area contributed by atoms with Gasteiger partial charge in [-0.1, -0.05) is 206 Å². The standard InChI is InChI=1S/C71H42N4/c72-43-50-32-38-65-69-55(50)35-36-58-54(37-39-66(70(58)69)75(65)51-24-8-3-9-25-51)48-30-33-59-61(40-48)67(56-28-14-22-44-16-10-12-26-52(44)56)60-34-31-49(41-62(60)68(59)57-29-15-23-45-17-11-13-27-53(45)57)71-73-63(46-18-4-1-5-19-46)42-64(74-71)47-20-6-2-7-21-47/h1-42H. The highest BCUT2D eigenvalue weighted by atomic mass is 15.0. The normalized spacial score (nSPS) is 11.7. The molecule has 75 heavy (non-hydrogen) atoms. The van der Waals surface area contributed by atoms with Gasteiger partial charge >= 0.3 is 0 Å². The third-order valence-electron chi connectivity index (χ3n) is 15.4. The van der Waals surface area contributed by atoms with Crippen LogP contribution in [0, 0.1) is 11.3 Å². The SMILES string of the molecule is N#Cc1ccc2c3c1ccc1c(-c4ccc5c(-c6cccc7ccccc67)c6cc(-c7nc(-c8ccccc8)cc(-c8ccccc8)n7)ccc6c(-c6cccc7ccccc67)c5c4)ccc(c13)n2-c1ccccc1. The highest BCUT2D eigenvalue weighted by molar-refractivity contribution is 6.29. The Morgan fingerprint density at radius 3 is 1.40 bits per heavy atom. The van der Waals surface area contributed by atoms with Gasteiger partial charge in [-0.15, -0.1) is 0 Å². The molecule has 0 amide bonds. The van der Waals surface area contributed by atoms with Crippen molar-refractivity contribution < 1.29 is 0 Å². The average Bonchev–Trinajstić information content (AvgIpc) is 3.83. The summed E-state index contributed by atoms with van der Waals surface area (Å²) in [6.45, 7) is 0. The van der Waals surface area contributed by atoms with Crippen LogP contribution in [0.5, 0.6) is 0 Å². The first-order valence-corrected chi connectivity index (χ1v) is 25.4. The number of hydrogen-bond acceptors (Lipinski definition) is 3. The monoisotopic (exact) mass is 950 g/mol. The fourth-order valence-corrected chi connectivity index (χ4v) is 12.1. The molecule has 0 unspecified atom stereocenters. The molecule has 2 heterocycles. The van der Waals surface area contributed by atoms with Gasteiger partial charge in [0, 0.05) is 38.5 Å². The van der Waals surface area contributed by atoms with E-state index in [9.17, 15) is 5.26 Å². The van der Waals surface area contributed by atoms with E-state index in [0.29, 0.717) is 11.4 Å². The van der Waals surface area contributed by atoms with Gasteiger partial charge in [-0.3, -0.25) is 0 Å². The summed E-state index contributed by atoms with van der Waals surface area (Å²) >= 11 is 0. The fraction of sp³-hybridized carbons (Fsp3) is 0. The molecule has 0 aliphatic heterocycles.